The molecule has 48 valence electrons. The monoisotopic (exact) mass is 233 g/mol. The molecule has 0 radical (unpaired) electrons. The van der Waals surface area contributed by atoms with Gasteiger partial charge in [0.25, 0.3) is 0 Å². The molecule has 0 aliphatic heterocycles. The fraction of sp³-hybridized carbons (Fsp3) is 1.00. The predicted molar refractivity (Wildman–Crippen MR) is 44.0 cm³/mol. The largest absolute Gasteiger partial charge is 0.270 e. The summed E-state index contributed by atoms with van der Waals surface area (Å²) in [5.74, 6) is 0. The van der Waals surface area contributed by atoms with E-state index in [0.29, 0.717) is 0 Å². The van der Waals surface area contributed by atoms with Crippen molar-refractivity contribution in [2.45, 2.75) is 26.7 Å². The number of nitrogens with two attached hydrogens (primary N) is 1. The Morgan fingerprint density at radius 3 is 1.29 bits per heavy atom. The van der Waals surface area contributed by atoms with E-state index in [1.165, 1.54) is 12.8 Å². The molecule has 0 aromatic heterocycles. The normalized spacial score (nSPS) is 5.14. The molecule has 0 aliphatic rings. The van der Waals surface area contributed by atoms with E-state index < -0.39 is 0 Å². The Morgan fingerprint density at radius 1 is 1.14 bits per heavy atom. The summed E-state index contributed by atoms with van der Waals surface area (Å²) in [6, 6.07) is 0. The highest BCUT2D eigenvalue weighted by Crippen LogP contribution is 1.76. The molecule has 0 fully saturated rings. The lowest BCUT2D eigenvalue weighted by Gasteiger charge is -1.68. The van der Waals surface area contributed by atoms with Gasteiger partial charge in [-0.25, -0.2) is 0 Å². The average molecular weight is 235 g/mol. The molecule has 0 heterocycles. The Morgan fingerprint density at radius 2 is 1.29 bits per heavy atom. The van der Waals surface area contributed by atoms with E-state index in [-0.39, 0.29) is 17.0 Å². The quantitative estimate of drug-likeness (QED) is 0.694. The highest BCUT2D eigenvalue weighted by Gasteiger charge is 1.56. The van der Waals surface area contributed by atoms with Crippen molar-refractivity contribution < 1.29 is 0 Å². The molecule has 0 rings (SSSR count). The van der Waals surface area contributed by atoms with Crippen LogP contribution in [-0.4, -0.2) is 0 Å². The molecule has 3 heteroatoms. The molecule has 1 nitrogen and oxygen atoms in total. The van der Waals surface area contributed by atoms with Gasteiger partial charge in [-0.1, -0.05) is 26.7 Å². The van der Waals surface area contributed by atoms with Crippen molar-refractivity contribution >= 4 is 33.1 Å². The summed E-state index contributed by atoms with van der Waals surface area (Å²) in [4.78, 5) is 0. The molecule has 0 atom stereocenters. The summed E-state index contributed by atoms with van der Waals surface area (Å²) < 4.78 is 4.31. The van der Waals surface area contributed by atoms with Crippen LogP contribution in [0.5, 0.6) is 0 Å². The molecule has 0 aromatic carbocycles. The van der Waals surface area contributed by atoms with E-state index >= 15 is 0 Å². The number of hydrogen-bond donors (Lipinski definition) is 1. The van der Waals surface area contributed by atoms with Gasteiger partial charge >= 0.3 is 0 Å². The van der Waals surface area contributed by atoms with E-state index in [4.69, 9.17) is 0 Å². The Hall–Kier alpha value is 0.920. The van der Waals surface area contributed by atoms with Gasteiger partial charge < -0.3 is 0 Å². The maximum Gasteiger partial charge on any atom is 0.00554 e. The van der Waals surface area contributed by atoms with Crippen molar-refractivity contribution in [2.75, 3.05) is 0 Å². The minimum absolute atomic E-state index is 0. The maximum absolute atomic E-state index is 4.31. The van der Waals surface area contributed by atoms with Crippen molar-refractivity contribution in [3.8, 4) is 0 Å². The summed E-state index contributed by atoms with van der Waals surface area (Å²) in [5.41, 5.74) is 0. The standard InChI is InChI=1S/C4H10.BrH2N.BrH/c1-3-4-2;1-2;/h3-4H2,1-2H3;2H2;1H. The smallest absolute Gasteiger partial charge is 0.00554 e. The number of unbranched alkanes of at least 4 members (excludes halogenated alkanes) is 1. The zero-order valence-electron chi connectivity index (χ0n) is 4.78. The SMILES string of the molecule is Br.CCCC.NBr. The molecule has 0 spiro atoms. The number of rotatable bonds is 1. The van der Waals surface area contributed by atoms with Gasteiger partial charge in [0.05, 0.1) is 0 Å². The summed E-state index contributed by atoms with van der Waals surface area (Å²) in [7, 11) is 0. The van der Waals surface area contributed by atoms with Gasteiger partial charge in [0.2, 0.25) is 0 Å². The zero-order chi connectivity index (χ0) is 5.41. The van der Waals surface area contributed by atoms with Crippen LogP contribution < -0.4 is 4.76 Å². The Balaban J connectivity index is -0.0000000480. The van der Waals surface area contributed by atoms with E-state index in [1.54, 1.807) is 0 Å². The van der Waals surface area contributed by atoms with Crippen LogP contribution in [0.3, 0.4) is 0 Å². The topological polar surface area (TPSA) is 26.0 Å². The molecule has 0 bridgehead atoms. The van der Waals surface area contributed by atoms with E-state index in [1.807, 2.05) is 0 Å². The highest BCUT2D eigenvalue weighted by molar-refractivity contribution is 9.07. The second kappa shape index (κ2) is 28.4. The predicted octanol–water partition coefficient (Wildman–Crippen LogP) is 2.64. The molecule has 0 saturated heterocycles. The first-order chi connectivity index (χ1) is 2.91. The Bertz CT molecular complexity index is 11.7. The van der Waals surface area contributed by atoms with Crippen LogP contribution in [0.2, 0.25) is 0 Å². The Kier molecular flexibility index (Phi) is 63.7. The van der Waals surface area contributed by atoms with Gasteiger partial charge in [-0.2, -0.15) is 0 Å². The molecule has 0 aromatic rings. The van der Waals surface area contributed by atoms with Crippen LogP contribution in [-0.2, 0) is 0 Å². The van der Waals surface area contributed by atoms with Gasteiger partial charge in [0.15, 0.2) is 0 Å². The first-order valence-corrected chi connectivity index (χ1v) is 3.05. The second-order valence-electron chi connectivity index (χ2n) is 1.000. The molecule has 7 heavy (non-hydrogen) atoms. The highest BCUT2D eigenvalue weighted by atomic mass is 79.9. The van der Waals surface area contributed by atoms with Gasteiger partial charge in [-0.05, 0) is 0 Å². The minimum Gasteiger partial charge on any atom is -0.270 e. The van der Waals surface area contributed by atoms with Crippen LogP contribution in [0.1, 0.15) is 26.7 Å². The van der Waals surface area contributed by atoms with Crippen LogP contribution in [0.15, 0.2) is 0 Å². The number of halogens is 2. The van der Waals surface area contributed by atoms with Crippen molar-refractivity contribution in [3.63, 3.8) is 0 Å². The van der Waals surface area contributed by atoms with Gasteiger partial charge in [-0.15, -0.1) is 17.0 Å². The third-order valence-electron chi connectivity index (χ3n) is 0.500. The average Bonchev–Trinajstić information content (AvgIpc) is 1.72. The molecule has 0 unspecified atom stereocenters. The minimum atomic E-state index is 0. The maximum atomic E-state index is 4.31. The van der Waals surface area contributed by atoms with Crippen molar-refractivity contribution in [3.05, 3.63) is 0 Å². The van der Waals surface area contributed by atoms with Crippen LogP contribution >= 0.6 is 33.1 Å². The van der Waals surface area contributed by atoms with Crippen LogP contribution in [0, 0.1) is 0 Å². The van der Waals surface area contributed by atoms with E-state index in [0.717, 1.165) is 0 Å². The first-order valence-electron chi connectivity index (χ1n) is 2.13. The fourth-order valence-corrected chi connectivity index (χ4v) is 0. The second-order valence-corrected chi connectivity index (χ2v) is 1.000. The van der Waals surface area contributed by atoms with Crippen LogP contribution in [0.4, 0.5) is 0 Å². The zero-order valence-corrected chi connectivity index (χ0v) is 8.08. The lowest BCUT2D eigenvalue weighted by Crippen LogP contribution is -1.47. The van der Waals surface area contributed by atoms with E-state index in [2.05, 4.69) is 34.8 Å². The third-order valence-corrected chi connectivity index (χ3v) is 0.500. The lowest BCUT2D eigenvalue weighted by atomic mass is 10.4. The summed E-state index contributed by atoms with van der Waals surface area (Å²) >= 11 is 2.44. The molecule has 0 aliphatic carbocycles. The lowest BCUT2D eigenvalue weighted by molar-refractivity contribution is 0.886. The fourth-order valence-electron chi connectivity index (χ4n) is 0. The summed E-state index contributed by atoms with van der Waals surface area (Å²) in [6.07, 6.45) is 2.64. The molecular weight excluding hydrogens is 222 g/mol. The number of hydrogen-bond acceptors (Lipinski definition) is 1. The van der Waals surface area contributed by atoms with Crippen molar-refractivity contribution in [1.82, 2.24) is 0 Å². The van der Waals surface area contributed by atoms with Crippen molar-refractivity contribution in [2.24, 2.45) is 4.76 Å². The van der Waals surface area contributed by atoms with Gasteiger partial charge in [0, 0.05) is 16.1 Å². The van der Waals surface area contributed by atoms with Crippen molar-refractivity contribution in [1.29, 1.82) is 0 Å². The summed E-state index contributed by atoms with van der Waals surface area (Å²) in [5, 5.41) is 0. The molecule has 0 amide bonds. The molecule has 0 saturated carbocycles. The van der Waals surface area contributed by atoms with Crippen LogP contribution in [0.25, 0.3) is 0 Å². The molecule has 2 N–H and O–H groups in total. The summed E-state index contributed by atoms with van der Waals surface area (Å²) in [6.45, 7) is 4.36. The Labute approximate surface area is 64.8 Å². The van der Waals surface area contributed by atoms with Gasteiger partial charge in [-0.3, -0.25) is 4.76 Å². The van der Waals surface area contributed by atoms with E-state index in [9.17, 15) is 0 Å². The molecular formula is C4H13Br2N. The first kappa shape index (κ1) is 15.7. The van der Waals surface area contributed by atoms with Gasteiger partial charge in [0.1, 0.15) is 0 Å². The third kappa shape index (κ3) is 45.4.